The number of benzene rings is 1. The van der Waals surface area contributed by atoms with E-state index in [4.69, 9.17) is 20.0 Å². The summed E-state index contributed by atoms with van der Waals surface area (Å²) >= 11 is 1.02. The molecule has 0 aliphatic carbocycles. The maximum Gasteiger partial charge on any atom is 0.407 e. The molecule has 1 fully saturated rings. The zero-order chi connectivity index (χ0) is 38.5. The molecule has 1 aromatic carbocycles. The number of nitrogens with one attached hydrogen (secondary N) is 3. The number of thiazole rings is 1. The molecule has 1 aliphatic rings. The van der Waals surface area contributed by atoms with Gasteiger partial charge in [-0.2, -0.15) is 18.3 Å². The van der Waals surface area contributed by atoms with Crippen molar-refractivity contribution in [1.82, 2.24) is 45.2 Å². The molecule has 3 atom stereocenters. The monoisotopic (exact) mass is 775 g/mol. The summed E-state index contributed by atoms with van der Waals surface area (Å²) in [6, 6.07) is 4.93. The van der Waals surface area contributed by atoms with Crippen molar-refractivity contribution < 1.29 is 46.3 Å². The van der Waals surface area contributed by atoms with Crippen molar-refractivity contribution in [3.63, 3.8) is 0 Å². The molecule has 3 aromatic heterocycles. The summed E-state index contributed by atoms with van der Waals surface area (Å²) in [5.41, 5.74) is 6.71. The van der Waals surface area contributed by atoms with Crippen molar-refractivity contribution in [2.45, 2.75) is 64.4 Å². The number of alkyl carbamates (subject to hydrolysis) is 1. The SMILES string of the molecule is C[C@H]1[C@H](NC(=O)/C(=N\O[C@@H](COc2ccc(-c3cn(CCCNC(=O)OC(C)(C)C)[n+](C)c3)cc2)c2nn[nH]n2)c2csc(N)n2)C(=O)N1S(=O)(=O)O. The number of aromatic amines is 1. The summed E-state index contributed by atoms with van der Waals surface area (Å²) in [5.74, 6) is -1.45. The van der Waals surface area contributed by atoms with Crippen molar-refractivity contribution >= 4 is 50.4 Å². The van der Waals surface area contributed by atoms with Gasteiger partial charge in [0.2, 0.25) is 18.1 Å². The van der Waals surface area contributed by atoms with Crippen LogP contribution in [0.1, 0.15) is 51.7 Å². The van der Waals surface area contributed by atoms with E-state index in [1.165, 1.54) is 12.3 Å². The number of carbonyl (C=O) groups is 3. The van der Waals surface area contributed by atoms with E-state index in [0.717, 1.165) is 22.5 Å². The van der Waals surface area contributed by atoms with E-state index in [9.17, 15) is 27.4 Å². The molecule has 3 amide bonds. The van der Waals surface area contributed by atoms with Crippen LogP contribution < -0.4 is 25.8 Å². The molecule has 0 unspecified atom stereocenters. The Balaban J connectivity index is 1.22. The van der Waals surface area contributed by atoms with Gasteiger partial charge in [0.25, 0.3) is 11.8 Å². The Hall–Kier alpha value is -5.68. The minimum atomic E-state index is -4.81. The molecule has 53 heavy (non-hydrogen) atoms. The maximum atomic E-state index is 13.3. The summed E-state index contributed by atoms with van der Waals surface area (Å²) in [6.07, 6.45) is 3.12. The number of nitrogens with two attached hydrogens (primary N) is 1. The first-order valence-electron chi connectivity index (χ1n) is 16.1. The van der Waals surface area contributed by atoms with Crippen LogP contribution in [0.5, 0.6) is 5.75 Å². The summed E-state index contributed by atoms with van der Waals surface area (Å²) in [7, 11) is -2.89. The number of amides is 3. The number of ether oxygens (including phenoxy) is 2. The number of β-lactam (4-membered cyclic amide) rings is 1. The predicted octanol–water partition coefficient (Wildman–Crippen LogP) is 0.506. The molecule has 0 radical (unpaired) electrons. The first-order valence-corrected chi connectivity index (χ1v) is 18.3. The minimum Gasteiger partial charge on any atom is -0.489 e. The molecule has 0 saturated carbocycles. The second-order valence-corrected chi connectivity index (χ2v) is 14.9. The first-order chi connectivity index (χ1) is 25.0. The van der Waals surface area contributed by atoms with Gasteiger partial charge in [0, 0.05) is 11.9 Å². The second-order valence-electron chi connectivity index (χ2n) is 12.7. The molecular weight excluding hydrogens is 737 g/mol. The Bertz CT molecular complexity index is 2060. The number of aryl methyl sites for hydroxylation is 2. The van der Waals surface area contributed by atoms with E-state index in [-0.39, 0.29) is 33.3 Å². The quantitative estimate of drug-likeness (QED) is 0.0275. The molecule has 284 valence electrons. The maximum absolute atomic E-state index is 13.3. The van der Waals surface area contributed by atoms with Gasteiger partial charge in [0.15, 0.2) is 17.9 Å². The number of anilines is 1. The van der Waals surface area contributed by atoms with Crippen LogP contribution >= 0.6 is 11.3 Å². The van der Waals surface area contributed by atoms with E-state index < -0.39 is 52.0 Å². The van der Waals surface area contributed by atoms with Crippen LogP contribution in [0.3, 0.4) is 0 Å². The highest BCUT2D eigenvalue weighted by molar-refractivity contribution is 7.84. The molecule has 1 aliphatic heterocycles. The average molecular weight is 776 g/mol. The highest BCUT2D eigenvalue weighted by Gasteiger charge is 2.51. The fraction of sp³-hybridized carbons (Fsp3) is 0.433. The van der Waals surface area contributed by atoms with E-state index in [2.05, 4.69) is 41.4 Å². The van der Waals surface area contributed by atoms with E-state index in [1.807, 2.05) is 61.7 Å². The lowest BCUT2D eigenvalue weighted by Crippen LogP contribution is -2.71. The standard InChI is InChI=1S/C30H38N12O9S2/c1-17-23(27(44)42(17)53(46,47)48)34-26(43)24(21-16-52-28(31)33-21)37-51-22(25-35-38-39-36-25)15-49-20-9-7-18(8-10-20)19-13-40(5)41(14-19)12-6-11-32-29(45)50-30(2,3)4/h7-10,13-14,16-17,22-23H,6,11-12,15H2,1-5H3,(H5-,31,32,33,34,35,36,38,39,43,45,46,47,48)/p+1/b37-24-/t17-,22-,23-/m0/s1. The van der Waals surface area contributed by atoms with Crippen molar-refractivity contribution in [2.75, 3.05) is 18.9 Å². The minimum absolute atomic E-state index is 0.0131. The van der Waals surface area contributed by atoms with E-state index >= 15 is 0 Å². The second kappa shape index (κ2) is 15.9. The molecule has 21 nitrogen and oxygen atoms in total. The molecule has 4 heterocycles. The lowest BCUT2D eigenvalue weighted by Gasteiger charge is -2.42. The number of H-pyrrole nitrogens is 1. The molecule has 0 spiro atoms. The van der Waals surface area contributed by atoms with Gasteiger partial charge in [0.1, 0.15) is 29.7 Å². The van der Waals surface area contributed by atoms with E-state index in [1.54, 1.807) is 12.1 Å². The Morgan fingerprint density at radius 3 is 2.57 bits per heavy atom. The zero-order valence-corrected chi connectivity index (χ0v) is 30.9. The first kappa shape index (κ1) is 38.5. The Kier molecular flexibility index (Phi) is 11.6. The number of rotatable bonds is 15. The lowest BCUT2D eigenvalue weighted by atomic mass is 10.0. The van der Waals surface area contributed by atoms with Gasteiger partial charge in [-0.25, -0.2) is 14.1 Å². The van der Waals surface area contributed by atoms with Crippen molar-refractivity contribution in [1.29, 1.82) is 0 Å². The summed E-state index contributed by atoms with van der Waals surface area (Å²) in [6.45, 7) is 7.71. The Labute approximate surface area is 307 Å². The predicted molar refractivity (Wildman–Crippen MR) is 186 cm³/mol. The highest BCUT2D eigenvalue weighted by Crippen LogP contribution is 2.25. The van der Waals surface area contributed by atoms with Crippen LogP contribution in [0.4, 0.5) is 9.93 Å². The molecule has 6 N–H and O–H groups in total. The van der Waals surface area contributed by atoms with Crippen LogP contribution in [-0.4, -0.2) is 102 Å². The fourth-order valence-electron chi connectivity index (χ4n) is 5.08. The van der Waals surface area contributed by atoms with Gasteiger partial charge < -0.3 is 30.7 Å². The fourth-order valence-corrected chi connectivity index (χ4v) is 6.51. The van der Waals surface area contributed by atoms with Crippen LogP contribution in [-0.2, 0) is 43.1 Å². The lowest BCUT2D eigenvalue weighted by molar-refractivity contribution is -0.753. The summed E-state index contributed by atoms with van der Waals surface area (Å²) in [5, 5.41) is 24.5. The number of nitrogen functional groups attached to an aromatic ring is 1. The number of hydrogen-bond donors (Lipinski definition) is 5. The zero-order valence-electron chi connectivity index (χ0n) is 29.3. The largest absolute Gasteiger partial charge is 0.489 e. The van der Waals surface area contributed by atoms with Crippen LogP contribution in [0, 0.1) is 0 Å². The Morgan fingerprint density at radius 1 is 1.23 bits per heavy atom. The number of hydrogen-bond acceptors (Lipinski definition) is 15. The average Bonchev–Trinajstić information content (AvgIpc) is 3.85. The van der Waals surface area contributed by atoms with Gasteiger partial charge in [-0.1, -0.05) is 22.5 Å². The van der Waals surface area contributed by atoms with Crippen molar-refractivity contribution in [3.8, 4) is 16.9 Å². The molecule has 0 bridgehead atoms. The number of oxime groups is 1. The Morgan fingerprint density at radius 2 is 1.96 bits per heavy atom. The topological polar surface area (TPSA) is 275 Å². The number of carbonyl (C=O) groups excluding carboxylic acids is 3. The van der Waals surface area contributed by atoms with Gasteiger partial charge in [-0.15, -0.1) is 26.2 Å². The third-order valence-electron chi connectivity index (χ3n) is 7.61. The van der Waals surface area contributed by atoms with Crippen LogP contribution in [0.15, 0.2) is 47.2 Å². The number of aromatic nitrogens is 7. The smallest absolute Gasteiger partial charge is 0.407 e. The number of nitrogens with zero attached hydrogens (tertiary/aromatic N) is 8. The third-order valence-corrected chi connectivity index (χ3v) is 9.30. The highest BCUT2D eigenvalue weighted by atomic mass is 32.2. The molecular formula is C30H39N12O9S2+. The van der Waals surface area contributed by atoms with Gasteiger partial charge in [-0.3, -0.25) is 14.1 Å². The summed E-state index contributed by atoms with van der Waals surface area (Å²) in [4.78, 5) is 47.3. The van der Waals surface area contributed by atoms with Gasteiger partial charge in [0.05, 0.1) is 24.3 Å². The van der Waals surface area contributed by atoms with Crippen molar-refractivity contribution in [3.05, 3.63) is 53.6 Å². The van der Waals surface area contributed by atoms with Crippen molar-refractivity contribution in [2.24, 2.45) is 12.2 Å². The van der Waals surface area contributed by atoms with Gasteiger partial charge in [-0.05, 0) is 51.8 Å². The van der Waals surface area contributed by atoms with Gasteiger partial charge >= 0.3 is 16.4 Å². The van der Waals surface area contributed by atoms with Crippen LogP contribution in [0.25, 0.3) is 11.1 Å². The summed E-state index contributed by atoms with van der Waals surface area (Å²) < 4.78 is 47.7. The normalized spacial score (nSPS) is 16.8. The third kappa shape index (κ3) is 9.81. The molecule has 4 aromatic rings. The van der Waals surface area contributed by atoms with E-state index in [0.29, 0.717) is 25.3 Å². The molecule has 23 heteroatoms. The number of tetrazole rings is 1. The molecule has 1 saturated heterocycles. The van der Waals surface area contributed by atoms with Crippen LogP contribution in [0.2, 0.25) is 0 Å². The molecule has 5 rings (SSSR count).